The largest absolute Gasteiger partial charge is 0.369 e. The summed E-state index contributed by atoms with van der Waals surface area (Å²) < 4.78 is 1.09. The van der Waals surface area contributed by atoms with Crippen molar-refractivity contribution in [1.82, 2.24) is 9.80 Å². The number of amides is 1. The molecule has 2 N–H and O–H groups in total. The molecule has 1 amide bonds. The lowest BCUT2D eigenvalue weighted by atomic mass is 10.1. The van der Waals surface area contributed by atoms with E-state index in [1.807, 2.05) is 19.2 Å². The number of carbonyl (C=O) groups excluding carboxylic acids is 1. The Labute approximate surface area is 122 Å². The Morgan fingerprint density at radius 1 is 1.42 bits per heavy atom. The smallest absolute Gasteiger partial charge is 0.223 e. The first kappa shape index (κ1) is 14.5. The highest BCUT2D eigenvalue weighted by atomic mass is 79.9. The third-order valence-electron chi connectivity index (χ3n) is 3.51. The molecule has 1 heterocycles. The molecule has 1 aromatic rings. The summed E-state index contributed by atoms with van der Waals surface area (Å²) in [7, 11) is 2.04. The predicted molar refractivity (Wildman–Crippen MR) is 79.6 cm³/mol. The van der Waals surface area contributed by atoms with Gasteiger partial charge in [0.1, 0.15) is 0 Å². The number of carbonyl (C=O) groups is 1. The Hall–Kier alpha value is -0.910. The van der Waals surface area contributed by atoms with Crippen LogP contribution in [0.5, 0.6) is 0 Å². The molecule has 1 aliphatic heterocycles. The van der Waals surface area contributed by atoms with Crippen molar-refractivity contribution >= 4 is 21.8 Å². The number of likely N-dealkylation sites (N-methyl/N-ethyl adjacent to an activating group) is 1. The normalized spacial score (nSPS) is 22.1. The van der Waals surface area contributed by atoms with Crippen molar-refractivity contribution in [2.75, 3.05) is 33.2 Å². The van der Waals surface area contributed by atoms with Crippen molar-refractivity contribution in [3.05, 3.63) is 34.3 Å². The quantitative estimate of drug-likeness (QED) is 0.911. The van der Waals surface area contributed by atoms with Gasteiger partial charge in [-0.1, -0.05) is 28.1 Å². The summed E-state index contributed by atoms with van der Waals surface area (Å²) in [4.78, 5) is 15.9. The molecule has 0 unspecified atom stereocenters. The second kappa shape index (κ2) is 6.50. The van der Waals surface area contributed by atoms with Crippen molar-refractivity contribution < 1.29 is 4.79 Å². The molecule has 0 saturated carbocycles. The van der Waals surface area contributed by atoms with E-state index in [9.17, 15) is 4.79 Å². The number of hydrogen-bond donors (Lipinski definition) is 1. The van der Waals surface area contributed by atoms with Gasteiger partial charge in [0.15, 0.2) is 0 Å². The zero-order valence-corrected chi connectivity index (χ0v) is 12.8. The van der Waals surface area contributed by atoms with Crippen molar-refractivity contribution in [1.29, 1.82) is 0 Å². The Balaban J connectivity index is 2.04. The van der Waals surface area contributed by atoms with Gasteiger partial charge in [0.2, 0.25) is 5.91 Å². The lowest BCUT2D eigenvalue weighted by Gasteiger charge is -2.22. The molecule has 0 bridgehead atoms. The molecule has 1 saturated heterocycles. The summed E-state index contributed by atoms with van der Waals surface area (Å²) in [6.07, 6.45) is 0. The fraction of sp³-hybridized carbons (Fsp3) is 0.500. The molecule has 1 fully saturated rings. The topological polar surface area (TPSA) is 49.6 Å². The molecule has 0 aromatic heterocycles. The number of hydrogen-bond acceptors (Lipinski definition) is 3. The minimum atomic E-state index is -0.201. The molecule has 0 radical (unpaired) electrons. The summed E-state index contributed by atoms with van der Waals surface area (Å²) in [6.45, 7) is 4.29. The van der Waals surface area contributed by atoms with Crippen molar-refractivity contribution in [2.45, 2.75) is 6.54 Å². The van der Waals surface area contributed by atoms with Crippen LogP contribution in [0.4, 0.5) is 0 Å². The zero-order chi connectivity index (χ0) is 13.8. The number of halogens is 1. The first-order chi connectivity index (χ1) is 9.04. The third kappa shape index (κ3) is 4.30. The summed E-state index contributed by atoms with van der Waals surface area (Å²) in [5.74, 6) is -0.285. The van der Waals surface area contributed by atoms with E-state index >= 15 is 0 Å². The van der Waals surface area contributed by atoms with Crippen LogP contribution in [0.3, 0.4) is 0 Å². The lowest BCUT2D eigenvalue weighted by Crippen LogP contribution is -2.37. The zero-order valence-electron chi connectivity index (χ0n) is 11.2. The maximum Gasteiger partial charge on any atom is 0.223 e. The van der Waals surface area contributed by atoms with Crippen LogP contribution < -0.4 is 5.73 Å². The van der Waals surface area contributed by atoms with Gasteiger partial charge in [-0.2, -0.15) is 0 Å². The van der Waals surface area contributed by atoms with Gasteiger partial charge >= 0.3 is 0 Å². The molecule has 104 valence electrons. The van der Waals surface area contributed by atoms with Gasteiger partial charge in [-0.25, -0.2) is 0 Å². The van der Waals surface area contributed by atoms with Gasteiger partial charge in [-0.15, -0.1) is 0 Å². The number of nitrogens with two attached hydrogens (primary N) is 1. The van der Waals surface area contributed by atoms with Crippen LogP contribution in [0.25, 0.3) is 0 Å². The van der Waals surface area contributed by atoms with Crippen LogP contribution in [-0.4, -0.2) is 48.9 Å². The first-order valence-electron chi connectivity index (χ1n) is 6.49. The van der Waals surface area contributed by atoms with E-state index in [0.717, 1.165) is 37.2 Å². The van der Waals surface area contributed by atoms with Crippen LogP contribution in [0.2, 0.25) is 0 Å². The maximum absolute atomic E-state index is 11.5. The fourth-order valence-electron chi connectivity index (χ4n) is 2.46. The second-order valence-corrected chi connectivity index (χ2v) is 6.14. The van der Waals surface area contributed by atoms with Crippen molar-refractivity contribution in [3.63, 3.8) is 0 Å². The monoisotopic (exact) mass is 325 g/mol. The molecule has 0 aliphatic carbocycles. The Morgan fingerprint density at radius 2 is 2.21 bits per heavy atom. The molecule has 4 nitrogen and oxygen atoms in total. The van der Waals surface area contributed by atoms with E-state index in [0.29, 0.717) is 0 Å². The van der Waals surface area contributed by atoms with Gasteiger partial charge in [0.05, 0.1) is 5.92 Å². The van der Waals surface area contributed by atoms with Crippen molar-refractivity contribution in [2.24, 2.45) is 11.7 Å². The molecule has 5 heteroatoms. The summed E-state index contributed by atoms with van der Waals surface area (Å²) in [5, 5.41) is 0. The minimum Gasteiger partial charge on any atom is -0.369 e. The van der Waals surface area contributed by atoms with E-state index < -0.39 is 0 Å². The number of nitrogens with zero attached hydrogens (tertiary/aromatic N) is 2. The van der Waals surface area contributed by atoms with Gasteiger partial charge in [-0.05, 0) is 24.7 Å². The highest BCUT2D eigenvalue weighted by Gasteiger charge is 2.24. The number of rotatable bonds is 3. The van der Waals surface area contributed by atoms with E-state index in [4.69, 9.17) is 5.73 Å². The molecule has 2 rings (SSSR count). The predicted octanol–water partition coefficient (Wildman–Crippen LogP) is 1.30. The average molecular weight is 326 g/mol. The number of primary amides is 1. The Kier molecular flexibility index (Phi) is 4.96. The van der Waals surface area contributed by atoms with Crippen LogP contribution in [0.1, 0.15) is 5.56 Å². The van der Waals surface area contributed by atoms with E-state index in [1.165, 1.54) is 5.56 Å². The maximum atomic E-state index is 11.5. The SMILES string of the molecule is CN1CCN(Cc2cccc(Br)c2)C[C@H](C(N)=O)C1. The van der Waals surface area contributed by atoms with Crippen molar-refractivity contribution in [3.8, 4) is 0 Å². The highest BCUT2D eigenvalue weighted by Crippen LogP contribution is 2.16. The molecule has 0 spiro atoms. The summed E-state index contributed by atoms with van der Waals surface area (Å²) in [5.41, 5.74) is 6.73. The van der Waals surface area contributed by atoms with Crippen LogP contribution in [-0.2, 0) is 11.3 Å². The van der Waals surface area contributed by atoms with E-state index in [1.54, 1.807) is 0 Å². The fourth-order valence-corrected chi connectivity index (χ4v) is 2.90. The summed E-state index contributed by atoms with van der Waals surface area (Å²) >= 11 is 3.49. The highest BCUT2D eigenvalue weighted by molar-refractivity contribution is 9.10. The minimum absolute atomic E-state index is 0.0837. The Morgan fingerprint density at radius 3 is 2.89 bits per heavy atom. The van der Waals surface area contributed by atoms with Gasteiger partial charge in [0.25, 0.3) is 0 Å². The third-order valence-corrected chi connectivity index (χ3v) is 4.00. The lowest BCUT2D eigenvalue weighted by molar-refractivity contribution is -0.122. The molecule has 1 aromatic carbocycles. The van der Waals surface area contributed by atoms with E-state index in [2.05, 4.69) is 37.9 Å². The molecule has 1 aliphatic rings. The van der Waals surface area contributed by atoms with Crippen LogP contribution in [0, 0.1) is 5.92 Å². The van der Waals surface area contributed by atoms with Crippen LogP contribution in [0.15, 0.2) is 28.7 Å². The molecular formula is C14H20BrN3O. The molecular weight excluding hydrogens is 306 g/mol. The Bertz CT molecular complexity index is 452. The average Bonchev–Trinajstić information content (AvgIpc) is 2.52. The first-order valence-corrected chi connectivity index (χ1v) is 7.28. The summed E-state index contributed by atoms with van der Waals surface area (Å²) in [6, 6.07) is 8.29. The van der Waals surface area contributed by atoms with Crippen LogP contribution >= 0.6 is 15.9 Å². The van der Waals surface area contributed by atoms with Gasteiger partial charge < -0.3 is 10.6 Å². The second-order valence-electron chi connectivity index (χ2n) is 5.23. The molecule has 1 atom stereocenters. The molecule has 19 heavy (non-hydrogen) atoms. The van der Waals surface area contributed by atoms with Gasteiger partial charge in [0, 0.05) is 37.2 Å². The van der Waals surface area contributed by atoms with E-state index in [-0.39, 0.29) is 11.8 Å². The van der Waals surface area contributed by atoms with Gasteiger partial charge in [-0.3, -0.25) is 9.69 Å². The standard InChI is InChI=1S/C14H20BrN3O/c1-17-5-6-18(10-12(9-17)14(16)19)8-11-3-2-4-13(15)7-11/h2-4,7,12H,5-6,8-10H2,1H3,(H2,16,19)/t12-/m1/s1. The number of benzene rings is 1.